The molecule has 1 aliphatic rings. The summed E-state index contributed by atoms with van der Waals surface area (Å²) in [6.07, 6.45) is 0.358. The molecule has 60 valence electrons. The summed E-state index contributed by atoms with van der Waals surface area (Å²) in [5.41, 5.74) is 0.677. The number of ketones is 1. The maximum atomic E-state index is 11.4. The van der Waals surface area contributed by atoms with Crippen LogP contribution in [0, 0.1) is 0 Å². The molecule has 1 aromatic rings. The van der Waals surface area contributed by atoms with Gasteiger partial charge in [0.1, 0.15) is 0 Å². The molecule has 0 amide bonds. The molecule has 0 spiro atoms. The molecule has 2 rings (SSSR count). The number of carbonyl (C=O) groups excluding carboxylic acids is 1. The van der Waals surface area contributed by atoms with Crippen molar-refractivity contribution in [3.05, 3.63) is 29.8 Å². The number of Topliss-reactive ketones (excluding diaryl/α,β-unsaturated/α-hetero) is 1. The fourth-order valence-corrected chi connectivity index (χ4v) is 1.63. The summed E-state index contributed by atoms with van der Waals surface area (Å²) in [7, 11) is 0. The third kappa shape index (κ3) is 1.22. The average molecular weight is 225 g/mol. The Morgan fingerprint density at radius 3 is 2.92 bits per heavy atom. The molecule has 0 radical (unpaired) electrons. The quantitative estimate of drug-likeness (QED) is 0.614. The van der Waals surface area contributed by atoms with Crippen LogP contribution in [0.15, 0.2) is 24.3 Å². The van der Waals surface area contributed by atoms with Crippen LogP contribution in [0.4, 0.5) is 0 Å². The van der Waals surface area contributed by atoms with Gasteiger partial charge in [-0.05, 0) is 0 Å². The molecule has 0 fully saturated rings. The third-order valence-electron chi connectivity index (χ3n) is 1.72. The van der Waals surface area contributed by atoms with Crippen molar-refractivity contribution in [1.29, 1.82) is 0 Å². The number of carbonyl (C=O) groups is 1. The Kier molecular flexibility index (Phi) is 1.83. The van der Waals surface area contributed by atoms with Crippen LogP contribution in [0.1, 0.15) is 16.8 Å². The molecule has 0 N–H and O–H groups in total. The topological polar surface area (TPSA) is 26.3 Å². The van der Waals surface area contributed by atoms with Crippen molar-refractivity contribution in [3.8, 4) is 5.75 Å². The van der Waals surface area contributed by atoms with E-state index in [1.54, 1.807) is 12.1 Å². The fraction of sp³-hybridized carbons (Fsp3) is 0.111. The van der Waals surface area contributed by atoms with Gasteiger partial charge in [0.2, 0.25) is 0 Å². The molecule has 12 heavy (non-hydrogen) atoms. The molecule has 1 aromatic carbocycles. The van der Waals surface area contributed by atoms with Gasteiger partial charge in [0.15, 0.2) is 0 Å². The van der Waals surface area contributed by atoms with Crippen LogP contribution in [-0.2, 0) is 0 Å². The Bertz CT molecular complexity index is 357. The minimum atomic E-state index is 0.116. The Morgan fingerprint density at radius 1 is 1.33 bits per heavy atom. The van der Waals surface area contributed by atoms with Crippen LogP contribution in [0.25, 0.3) is 0 Å². The molecule has 0 saturated carbocycles. The zero-order valence-electron chi connectivity index (χ0n) is 6.24. The number of fused-ring (bicyclic) bond motifs is 1. The number of ether oxygens (including phenoxy) is 1. The van der Waals surface area contributed by atoms with Gasteiger partial charge in [-0.25, -0.2) is 0 Å². The molecular formula is C9H6O2Se. The molecule has 0 aromatic heterocycles. The van der Waals surface area contributed by atoms with Gasteiger partial charge in [0, 0.05) is 0 Å². The zero-order valence-corrected chi connectivity index (χ0v) is 7.95. The van der Waals surface area contributed by atoms with Crippen molar-refractivity contribution in [1.82, 2.24) is 0 Å². The first kappa shape index (κ1) is 7.71. The van der Waals surface area contributed by atoms with Gasteiger partial charge < -0.3 is 0 Å². The predicted molar refractivity (Wildman–Crippen MR) is 46.8 cm³/mol. The molecule has 0 atom stereocenters. The van der Waals surface area contributed by atoms with E-state index >= 15 is 0 Å². The molecule has 1 aliphatic heterocycles. The van der Waals surface area contributed by atoms with E-state index in [0.29, 0.717) is 22.3 Å². The van der Waals surface area contributed by atoms with Crippen LogP contribution in [0.2, 0.25) is 0 Å². The van der Waals surface area contributed by atoms with E-state index in [1.165, 1.54) is 0 Å². The number of para-hydroxylation sites is 1. The fourth-order valence-electron chi connectivity index (χ4n) is 1.17. The summed E-state index contributed by atoms with van der Waals surface area (Å²) in [5, 5.41) is 0. The number of rotatable bonds is 0. The minimum absolute atomic E-state index is 0.116. The van der Waals surface area contributed by atoms with Crippen molar-refractivity contribution >= 4 is 26.0 Å². The molecule has 0 saturated heterocycles. The van der Waals surface area contributed by atoms with Gasteiger partial charge in [-0.3, -0.25) is 0 Å². The SMILES string of the molecule is O=C1CC(=[Se])Oc2ccccc21. The average Bonchev–Trinajstić information content (AvgIpc) is 2.04. The van der Waals surface area contributed by atoms with Crippen LogP contribution in [0.3, 0.4) is 0 Å². The first-order valence-electron chi connectivity index (χ1n) is 3.60. The van der Waals surface area contributed by atoms with Gasteiger partial charge in [0.25, 0.3) is 0 Å². The van der Waals surface area contributed by atoms with E-state index in [4.69, 9.17) is 4.74 Å². The molecule has 3 heteroatoms. The summed E-state index contributed by atoms with van der Waals surface area (Å²) in [4.78, 5) is 11.4. The van der Waals surface area contributed by atoms with E-state index in [-0.39, 0.29) is 5.78 Å². The standard InChI is InChI=1S/C9H6O2Se/c10-7-5-9(12)11-8-4-2-1-3-6(7)8/h1-4H,5H2. The Labute approximate surface area is 77.9 Å². The summed E-state index contributed by atoms with van der Waals surface area (Å²) in [6, 6.07) is 7.27. The third-order valence-corrected chi connectivity index (χ3v) is 2.19. The van der Waals surface area contributed by atoms with Crippen LogP contribution < -0.4 is 4.74 Å². The predicted octanol–water partition coefficient (Wildman–Crippen LogP) is 0.950. The Morgan fingerprint density at radius 2 is 2.08 bits per heavy atom. The number of benzene rings is 1. The molecule has 1 heterocycles. The summed E-state index contributed by atoms with van der Waals surface area (Å²) in [5.74, 6) is 0.771. The van der Waals surface area contributed by atoms with Crippen molar-refractivity contribution < 1.29 is 9.53 Å². The molecule has 0 bridgehead atoms. The van der Waals surface area contributed by atoms with Crippen molar-refractivity contribution in [3.63, 3.8) is 0 Å². The van der Waals surface area contributed by atoms with E-state index in [9.17, 15) is 4.79 Å². The van der Waals surface area contributed by atoms with Crippen molar-refractivity contribution in [2.24, 2.45) is 0 Å². The molecule has 0 aliphatic carbocycles. The summed E-state index contributed by atoms with van der Waals surface area (Å²) < 4.78 is 5.99. The molecular weight excluding hydrogens is 219 g/mol. The molecule has 0 unspecified atom stereocenters. The van der Waals surface area contributed by atoms with Crippen molar-refractivity contribution in [2.45, 2.75) is 6.42 Å². The van der Waals surface area contributed by atoms with Gasteiger partial charge in [-0.15, -0.1) is 0 Å². The van der Waals surface area contributed by atoms with Gasteiger partial charge in [-0.1, -0.05) is 0 Å². The zero-order chi connectivity index (χ0) is 8.55. The monoisotopic (exact) mass is 226 g/mol. The van der Waals surface area contributed by atoms with E-state index in [1.807, 2.05) is 12.1 Å². The first-order chi connectivity index (χ1) is 5.77. The van der Waals surface area contributed by atoms with Gasteiger partial charge in [-0.2, -0.15) is 0 Å². The van der Waals surface area contributed by atoms with Crippen LogP contribution >= 0.6 is 0 Å². The summed E-state index contributed by atoms with van der Waals surface area (Å²) in [6.45, 7) is 0. The first-order valence-corrected chi connectivity index (χ1v) is 4.46. The van der Waals surface area contributed by atoms with Crippen molar-refractivity contribution in [2.75, 3.05) is 0 Å². The number of hydrogen-bond acceptors (Lipinski definition) is 2. The van der Waals surface area contributed by atoms with E-state index in [0.717, 1.165) is 0 Å². The van der Waals surface area contributed by atoms with Gasteiger partial charge in [0.05, 0.1) is 0 Å². The Hall–Kier alpha value is -0.921. The van der Waals surface area contributed by atoms with Crippen LogP contribution in [0.5, 0.6) is 5.75 Å². The normalized spacial score (nSPS) is 15.3. The number of hydrogen-bond donors (Lipinski definition) is 0. The second-order valence-electron chi connectivity index (χ2n) is 2.57. The van der Waals surface area contributed by atoms with E-state index < -0.39 is 0 Å². The second kappa shape index (κ2) is 2.85. The second-order valence-corrected chi connectivity index (χ2v) is 3.53. The molecule has 2 nitrogen and oxygen atoms in total. The van der Waals surface area contributed by atoms with Gasteiger partial charge >= 0.3 is 77.5 Å². The van der Waals surface area contributed by atoms with E-state index in [2.05, 4.69) is 15.6 Å². The maximum absolute atomic E-state index is 11.4. The van der Waals surface area contributed by atoms with Crippen LogP contribution in [-0.4, -0.2) is 26.0 Å². The Balaban J connectivity index is 2.54. The summed E-state index contributed by atoms with van der Waals surface area (Å²) >= 11 is 2.72.